The molecule has 1 unspecified atom stereocenters. The molecule has 5 nitrogen and oxygen atoms in total. The maximum absolute atomic E-state index is 11.3. The summed E-state index contributed by atoms with van der Waals surface area (Å²) in [6.07, 6.45) is 1.88. The Morgan fingerprint density at radius 1 is 1.46 bits per heavy atom. The molecular weight excluding hydrogens is 190 g/mol. The number of nitrogens with one attached hydrogen (secondary N) is 3. The van der Waals surface area contributed by atoms with Crippen molar-refractivity contribution < 1.29 is 9.59 Å². The van der Waals surface area contributed by atoms with Crippen LogP contribution < -0.4 is 16.2 Å². The molecule has 0 fully saturated rings. The first kappa shape index (κ1) is 12.2. The fourth-order valence-corrected chi connectivity index (χ4v) is 1.37. The van der Waals surface area contributed by atoms with Crippen LogP contribution in [0.15, 0.2) is 0 Å². The van der Waals surface area contributed by atoms with Gasteiger partial charge < -0.3 is 5.32 Å². The topological polar surface area (TPSA) is 70.2 Å². The van der Waals surface area contributed by atoms with Crippen molar-refractivity contribution in [2.45, 2.75) is 13.0 Å². The summed E-state index contributed by atoms with van der Waals surface area (Å²) in [5.74, 6) is 0.130. The van der Waals surface area contributed by atoms with Crippen molar-refractivity contribution in [3.05, 3.63) is 0 Å². The lowest BCUT2D eigenvalue weighted by Gasteiger charge is -2.15. The van der Waals surface area contributed by atoms with E-state index in [1.165, 1.54) is 18.7 Å². The minimum Gasteiger partial charge on any atom is -0.344 e. The molecule has 0 radical (unpaired) electrons. The number of hydrogen-bond donors (Lipinski definition) is 3. The number of carbonyl (C=O) groups is 2. The summed E-state index contributed by atoms with van der Waals surface area (Å²) in [6.45, 7) is 1.39. The Morgan fingerprint density at radius 2 is 2.08 bits per heavy atom. The van der Waals surface area contributed by atoms with E-state index in [9.17, 15) is 9.59 Å². The summed E-state index contributed by atoms with van der Waals surface area (Å²) < 4.78 is 0. The van der Waals surface area contributed by atoms with Gasteiger partial charge in [0.15, 0.2) is 0 Å². The molecule has 0 aliphatic rings. The first-order chi connectivity index (χ1) is 6.11. The number of thioether (sulfide) groups is 1. The van der Waals surface area contributed by atoms with Gasteiger partial charge >= 0.3 is 0 Å². The Hall–Kier alpha value is -0.750. The monoisotopic (exact) mass is 205 g/mol. The van der Waals surface area contributed by atoms with Crippen LogP contribution in [0.5, 0.6) is 0 Å². The molecule has 0 saturated heterocycles. The molecule has 3 N–H and O–H groups in total. The van der Waals surface area contributed by atoms with Crippen LogP contribution in [0.1, 0.15) is 6.92 Å². The number of hydrazine groups is 1. The fraction of sp³-hybridized carbons (Fsp3) is 0.714. The van der Waals surface area contributed by atoms with E-state index in [-0.39, 0.29) is 11.8 Å². The Balaban J connectivity index is 4.06. The Labute approximate surface area is 82.0 Å². The molecule has 0 aromatic carbocycles. The molecule has 2 amide bonds. The average Bonchev–Trinajstić information content (AvgIpc) is 2.03. The third-order valence-corrected chi connectivity index (χ3v) is 1.94. The second-order valence-corrected chi connectivity index (χ2v) is 3.36. The van der Waals surface area contributed by atoms with E-state index in [1.54, 1.807) is 7.05 Å². The molecule has 0 aliphatic carbocycles. The second kappa shape index (κ2) is 6.73. The molecule has 0 aromatic rings. The number of carbonyl (C=O) groups excluding carboxylic acids is 2. The van der Waals surface area contributed by atoms with Crippen LogP contribution in [0, 0.1) is 0 Å². The van der Waals surface area contributed by atoms with Gasteiger partial charge in [-0.2, -0.15) is 11.8 Å². The third kappa shape index (κ3) is 5.48. The van der Waals surface area contributed by atoms with Gasteiger partial charge in [0.1, 0.15) is 6.04 Å². The molecule has 0 rings (SSSR count). The highest BCUT2D eigenvalue weighted by Crippen LogP contribution is 1.97. The van der Waals surface area contributed by atoms with E-state index < -0.39 is 6.04 Å². The highest BCUT2D eigenvalue weighted by molar-refractivity contribution is 7.98. The lowest BCUT2D eigenvalue weighted by atomic mass is 10.3. The van der Waals surface area contributed by atoms with Crippen molar-refractivity contribution in [1.82, 2.24) is 16.2 Å². The van der Waals surface area contributed by atoms with Crippen molar-refractivity contribution in [2.75, 3.05) is 19.1 Å². The van der Waals surface area contributed by atoms with Gasteiger partial charge in [0, 0.05) is 19.7 Å². The van der Waals surface area contributed by atoms with E-state index in [0.717, 1.165) is 0 Å². The maximum atomic E-state index is 11.3. The van der Waals surface area contributed by atoms with E-state index in [0.29, 0.717) is 5.75 Å². The first-order valence-corrected chi connectivity index (χ1v) is 5.23. The summed E-state index contributed by atoms with van der Waals surface area (Å²) in [6, 6.07) is -0.472. The summed E-state index contributed by atoms with van der Waals surface area (Å²) in [4.78, 5) is 22.0. The molecule has 76 valence electrons. The zero-order valence-corrected chi connectivity index (χ0v) is 8.83. The lowest BCUT2D eigenvalue weighted by Crippen LogP contribution is -2.50. The normalized spacial score (nSPS) is 11.9. The summed E-state index contributed by atoms with van der Waals surface area (Å²) in [5, 5.41) is 2.55. The predicted molar refractivity (Wildman–Crippen MR) is 53.2 cm³/mol. The number of hydrogen-bond acceptors (Lipinski definition) is 4. The van der Waals surface area contributed by atoms with Gasteiger partial charge in [-0.1, -0.05) is 0 Å². The van der Waals surface area contributed by atoms with Crippen LogP contribution in [0.4, 0.5) is 0 Å². The predicted octanol–water partition coefficient (Wildman–Crippen LogP) is -0.895. The van der Waals surface area contributed by atoms with Crippen LogP contribution in [-0.4, -0.2) is 36.9 Å². The first-order valence-electron chi connectivity index (χ1n) is 3.84. The third-order valence-electron chi connectivity index (χ3n) is 1.28. The summed E-state index contributed by atoms with van der Waals surface area (Å²) in [5.41, 5.74) is 4.94. The number of rotatable bonds is 5. The van der Waals surface area contributed by atoms with Crippen molar-refractivity contribution in [3.8, 4) is 0 Å². The highest BCUT2D eigenvalue weighted by atomic mass is 32.2. The molecule has 6 heteroatoms. The molecule has 0 aromatic heterocycles. The quantitative estimate of drug-likeness (QED) is 0.509. The molecule has 0 saturated carbocycles. The van der Waals surface area contributed by atoms with Crippen LogP contribution in [0.2, 0.25) is 0 Å². The Bertz CT molecular complexity index is 187. The van der Waals surface area contributed by atoms with Gasteiger partial charge in [0.25, 0.3) is 5.91 Å². The van der Waals surface area contributed by atoms with Gasteiger partial charge in [0.05, 0.1) is 0 Å². The molecule has 1 atom stereocenters. The summed E-state index contributed by atoms with van der Waals surface area (Å²) in [7, 11) is 1.60. The SMILES string of the molecule is CNNC(=O)C(CSC)NC(C)=O. The molecular formula is C7H15N3O2S. The van der Waals surface area contributed by atoms with Gasteiger partial charge in [0.2, 0.25) is 5.91 Å². The number of amides is 2. The molecule has 0 heterocycles. The zero-order valence-electron chi connectivity index (χ0n) is 8.01. The Morgan fingerprint density at radius 3 is 2.46 bits per heavy atom. The van der Waals surface area contributed by atoms with Gasteiger partial charge in [-0.05, 0) is 6.26 Å². The Kier molecular flexibility index (Phi) is 6.34. The van der Waals surface area contributed by atoms with Crippen LogP contribution in [-0.2, 0) is 9.59 Å². The van der Waals surface area contributed by atoms with Gasteiger partial charge in [-0.15, -0.1) is 0 Å². The van der Waals surface area contributed by atoms with E-state index in [1.807, 2.05) is 6.26 Å². The van der Waals surface area contributed by atoms with Crippen molar-refractivity contribution >= 4 is 23.6 Å². The highest BCUT2D eigenvalue weighted by Gasteiger charge is 2.17. The smallest absolute Gasteiger partial charge is 0.257 e. The largest absolute Gasteiger partial charge is 0.344 e. The molecule has 0 aliphatic heterocycles. The zero-order chi connectivity index (χ0) is 10.3. The average molecular weight is 205 g/mol. The van der Waals surface area contributed by atoms with E-state index >= 15 is 0 Å². The molecule has 0 bridgehead atoms. The van der Waals surface area contributed by atoms with Gasteiger partial charge in [-0.3, -0.25) is 15.0 Å². The van der Waals surface area contributed by atoms with Crippen molar-refractivity contribution in [3.63, 3.8) is 0 Å². The van der Waals surface area contributed by atoms with Crippen molar-refractivity contribution in [1.29, 1.82) is 0 Å². The lowest BCUT2D eigenvalue weighted by molar-refractivity contribution is -0.128. The fourth-order valence-electron chi connectivity index (χ4n) is 0.805. The van der Waals surface area contributed by atoms with Crippen LogP contribution in [0.25, 0.3) is 0 Å². The van der Waals surface area contributed by atoms with Crippen LogP contribution in [0.3, 0.4) is 0 Å². The van der Waals surface area contributed by atoms with Crippen LogP contribution >= 0.6 is 11.8 Å². The minimum atomic E-state index is -0.472. The van der Waals surface area contributed by atoms with E-state index in [2.05, 4.69) is 16.2 Å². The molecule has 13 heavy (non-hydrogen) atoms. The van der Waals surface area contributed by atoms with Crippen molar-refractivity contribution in [2.24, 2.45) is 0 Å². The van der Waals surface area contributed by atoms with Gasteiger partial charge in [-0.25, -0.2) is 5.43 Å². The van der Waals surface area contributed by atoms with E-state index in [4.69, 9.17) is 0 Å². The minimum absolute atomic E-state index is 0.203. The summed E-state index contributed by atoms with van der Waals surface area (Å²) >= 11 is 1.50. The second-order valence-electron chi connectivity index (χ2n) is 2.45. The standard InChI is InChI=1S/C7H15N3O2S/c1-5(11)9-6(4-13-3)7(12)10-8-2/h6,8H,4H2,1-3H3,(H,9,11)(H,10,12). The molecule has 0 spiro atoms. The maximum Gasteiger partial charge on any atom is 0.257 e.